The Morgan fingerprint density at radius 2 is 2.05 bits per heavy atom. The van der Waals surface area contributed by atoms with Crippen LogP contribution in [0.2, 0.25) is 0 Å². The Bertz CT molecular complexity index is 662. The molecule has 0 aliphatic heterocycles. The van der Waals surface area contributed by atoms with E-state index in [1.807, 2.05) is 18.2 Å². The van der Waals surface area contributed by atoms with Crippen LogP contribution in [-0.2, 0) is 4.79 Å². The van der Waals surface area contributed by atoms with Gasteiger partial charge in [-0.25, -0.2) is 4.79 Å². The van der Waals surface area contributed by atoms with Crippen molar-refractivity contribution in [1.82, 2.24) is 5.32 Å². The molecule has 1 heterocycles. The third kappa shape index (κ3) is 2.85. The predicted molar refractivity (Wildman–Crippen MR) is 77.6 cm³/mol. The number of carbonyl (C=O) groups excluding carboxylic acids is 1. The van der Waals surface area contributed by atoms with E-state index in [0.717, 1.165) is 9.86 Å². The second-order valence-corrected chi connectivity index (χ2v) is 5.66. The lowest BCUT2D eigenvalue weighted by Crippen LogP contribution is -2.44. The van der Waals surface area contributed by atoms with Crippen LogP contribution < -0.4 is 5.32 Å². The zero-order valence-corrected chi connectivity index (χ0v) is 12.6. The van der Waals surface area contributed by atoms with Crippen LogP contribution in [0.1, 0.15) is 24.4 Å². The number of amides is 1. The molecule has 0 radical (unpaired) electrons. The highest BCUT2D eigenvalue weighted by Crippen LogP contribution is 2.27. The summed E-state index contributed by atoms with van der Waals surface area (Å²) in [6, 6.07) is 6.10. The van der Waals surface area contributed by atoms with Crippen molar-refractivity contribution >= 4 is 38.8 Å². The van der Waals surface area contributed by atoms with Crippen molar-refractivity contribution in [3.05, 3.63) is 34.5 Å². The molecule has 0 bridgehead atoms. The number of hydrogen-bond acceptors (Lipinski definition) is 3. The zero-order valence-electron chi connectivity index (χ0n) is 11.0. The minimum absolute atomic E-state index is 0.0961. The van der Waals surface area contributed by atoms with E-state index >= 15 is 0 Å². The van der Waals surface area contributed by atoms with Gasteiger partial charge in [0.1, 0.15) is 11.6 Å². The first kappa shape index (κ1) is 14.6. The average Bonchev–Trinajstić information content (AvgIpc) is 2.80. The van der Waals surface area contributed by atoms with E-state index in [9.17, 15) is 9.59 Å². The van der Waals surface area contributed by atoms with Crippen LogP contribution in [0.5, 0.6) is 0 Å². The first-order valence-electron chi connectivity index (χ1n) is 6.12. The third-order valence-corrected chi connectivity index (χ3v) is 3.56. The molecule has 1 aromatic heterocycles. The van der Waals surface area contributed by atoms with Crippen LogP contribution in [0.25, 0.3) is 11.0 Å². The van der Waals surface area contributed by atoms with Gasteiger partial charge in [0, 0.05) is 5.39 Å². The van der Waals surface area contributed by atoms with Gasteiger partial charge in [0.2, 0.25) is 0 Å². The normalized spacial score (nSPS) is 12.6. The fourth-order valence-electron chi connectivity index (χ4n) is 1.87. The highest BCUT2D eigenvalue weighted by atomic mass is 79.9. The van der Waals surface area contributed by atoms with E-state index < -0.39 is 17.9 Å². The summed E-state index contributed by atoms with van der Waals surface area (Å²) >= 11 is 3.34. The number of halogens is 1. The zero-order chi connectivity index (χ0) is 14.9. The molecule has 2 N–H and O–H groups in total. The molecule has 1 aromatic carbocycles. The Balaban J connectivity index is 2.27. The van der Waals surface area contributed by atoms with Gasteiger partial charge in [-0.1, -0.05) is 26.0 Å². The van der Waals surface area contributed by atoms with Gasteiger partial charge in [0.15, 0.2) is 5.76 Å². The molecule has 0 aliphatic rings. The quantitative estimate of drug-likeness (QED) is 0.897. The van der Waals surface area contributed by atoms with E-state index in [0.29, 0.717) is 5.58 Å². The van der Waals surface area contributed by atoms with Gasteiger partial charge in [-0.15, -0.1) is 0 Å². The van der Waals surface area contributed by atoms with Crippen molar-refractivity contribution < 1.29 is 19.1 Å². The van der Waals surface area contributed by atoms with Crippen LogP contribution in [-0.4, -0.2) is 23.0 Å². The molecule has 0 saturated carbocycles. The fraction of sp³-hybridized carbons (Fsp3) is 0.286. The maximum atomic E-state index is 12.1. The number of carboxylic acids is 1. The molecule has 20 heavy (non-hydrogen) atoms. The van der Waals surface area contributed by atoms with Gasteiger partial charge in [0.25, 0.3) is 5.91 Å². The molecule has 5 nitrogen and oxygen atoms in total. The van der Waals surface area contributed by atoms with E-state index in [4.69, 9.17) is 9.52 Å². The second kappa shape index (κ2) is 5.66. The Labute approximate surface area is 124 Å². The molecule has 0 saturated heterocycles. The van der Waals surface area contributed by atoms with Crippen molar-refractivity contribution in [2.75, 3.05) is 0 Å². The SMILES string of the molecule is CC(C)[C@@H](NC(=O)c1cc2cccc(Br)c2o1)C(=O)O. The maximum absolute atomic E-state index is 12.1. The number of para-hydroxylation sites is 1. The standard InChI is InChI=1S/C14H14BrNO4/c1-7(2)11(14(18)19)16-13(17)10-6-8-4-3-5-9(15)12(8)20-10/h3-7,11H,1-2H3,(H,16,17)(H,18,19)/t11-/m1/s1. The van der Waals surface area contributed by atoms with Crippen molar-refractivity contribution in [2.45, 2.75) is 19.9 Å². The Hall–Kier alpha value is -1.82. The molecule has 6 heteroatoms. The Morgan fingerprint density at radius 3 is 2.60 bits per heavy atom. The molecule has 0 aliphatic carbocycles. The van der Waals surface area contributed by atoms with Crippen molar-refractivity contribution in [1.29, 1.82) is 0 Å². The van der Waals surface area contributed by atoms with Crippen LogP contribution in [0.3, 0.4) is 0 Å². The molecular formula is C14H14BrNO4. The molecule has 0 fully saturated rings. The first-order chi connectivity index (χ1) is 9.40. The summed E-state index contributed by atoms with van der Waals surface area (Å²) in [4.78, 5) is 23.1. The van der Waals surface area contributed by atoms with E-state index in [-0.39, 0.29) is 11.7 Å². The summed E-state index contributed by atoms with van der Waals surface area (Å²) in [5.74, 6) is -1.72. The molecular weight excluding hydrogens is 326 g/mol. The second-order valence-electron chi connectivity index (χ2n) is 4.80. The van der Waals surface area contributed by atoms with Gasteiger partial charge in [-0.3, -0.25) is 4.79 Å². The van der Waals surface area contributed by atoms with Crippen molar-refractivity contribution in [3.8, 4) is 0 Å². The average molecular weight is 340 g/mol. The number of carboxylic acid groups (broad SMARTS) is 1. The Morgan fingerprint density at radius 1 is 1.35 bits per heavy atom. The van der Waals surface area contributed by atoms with Gasteiger partial charge >= 0.3 is 5.97 Å². The van der Waals surface area contributed by atoms with Gasteiger partial charge in [0.05, 0.1) is 4.47 Å². The Kier molecular flexibility index (Phi) is 4.13. The number of fused-ring (bicyclic) bond motifs is 1. The summed E-state index contributed by atoms with van der Waals surface area (Å²) < 4.78 is 6.21. The first-order valence-corrected chi connectivity index (χ1v) is 6.91. The lowest BCUT2D eigenvalue weighted by atomic mass is 10.0. The summed E-state index contributed by atoms with van der Waals surface area (Å²) in [5.41, 5.74) is 0.564. The largest absolute Gasteiger partial charge is 0.480 e. The van der Waals surface area contributed by atoms with Crippen molar-refractivity contribution in [2.24, 2.45) is 5.92 Å². The summed E-state index contributed by atoms with van der Waals surface area (Å²) in [5, 5.41) is 12.3. The monoisotopic (exact) mass is 339 g/mol. The summed E-state index contributed by atoms with van der Waals surface area (Å²) in [7, 11) is 0. The predicted octanol–water partition coefficient (Wildman–Crippen LogP) is 3.03. The third-order valence-electron chi connectivity index (χ3n) is 2.94. The highest BCUT2D eigenvalue weighted by Gasteiger charge is 2.25. The van der Waals surface area contributed by atoms with E-state index in [1.54, 1.807) is 19.9 Å². The topological polar surface area (TPSA) is 79.5 Å². The molecule has 1 atom stereocenters. The van der Waals surface area contributed by atoms with E-state index in [1.165, 1.54) is 0 Å². The summed E-state index contributed by atoms with van der Waals surface area (Å²) in [6.07, 6.45) is 0. The maximum Gasteiger partial charge on any atom is 0.326 e. The number of hydrogen-bond donors (Lipinski definition) is 2. The lowest BCUT2D eigenvalue weighted by molar-refractivity contribution is -0.140. The number of benzene rings is 1. The number of rotatable bonds is 4. The number of nitrogens with one attached hydrogen (secondary N) is 1. The molecule has 0 unspecified atom stereocenters. The van der Waals surface area contributed by atoms with Crippen LogP contribution in [0.4, 0.5) is 0 Å². The lowest BCUT2D eigenvalue weighted by Gasteiger charge is -2.16. The molecule has 2 rings (SSSR count). The summed E-state index contributed by atoms with van der Waals surface area (Å²) in [6.45, 7) is 3.46. The minimum atomic E-state index is -1.06. The van der Waals surface area contributed by atoms with Gasteiger partial charge in [-0.2, -0.15) is 0 Å². The number of carbonyl (C=O) groups is 2. The van der Waals surface area contributed by atoms with Gasteiger partial charge in [-0.05, 0) is 34.0 Å². The number of furan rings is 1. The van der Waals surface area contributed by atoms with Crippen molar-refractivity contribution in [3.63, 3.8) is 0 Å². The van der Waals surface area contributed by atoms with E-state index in [2.05, 4.69) is 21.2 Å². The smallest absolute Gasteiger partial charge is 0.326 e. The molecule has 2 aromatic rings. The minimum Gasteiger partial charge on any atom is -0.480 e. The number of aliphatic carboxylic acids is 1. The molecule has 106 valence electrons. The highest BCUT2D eigenvalue weighted by molar-refractivity contribution is 9.10. The molecule has 0 spiro atoms. The van der Waals surface area contributed by atoms with Crippen LogP contribution in [0.15, 0.2) is 33.2 Å². The van der Waals surface area contributed by atoms with Gasteiger partial charge < -0.3 is 14.8 Å². The van der Waals surface area contributed by atoms with Crippen LogP contribution >= 0.6 is 15.9 Å². The fourth-order valence-corrected chi connectivity index (χ4v) is 2.33. The van der Waals surface area contributed by atoms with Crippen LogP contribution in [0, 0.1) is 5.92 Å². The molecule has 1 amide bonds.